The number of rotatable bonds is 4. The van der Waals surface area contributed by atoms with Gasteiger partial charge in [-0.05, 0) is 30.7 Å². The van der Waals surface area contributed by atoms with E-state index < -0.39 is 0 Å². The van der Waals surface area contributed by atoms with Gasteiger partial charge in [-0.25, -0.2) is 0 Å². The summed E-state index contributed by atoms with van der Waals surface area (Å²) in [5.74, 6) is 0.340. The molecule has 0 bridgehead atoms. The Kier molecular flexibility index (Phi) is 4.31. The first-order valence-electron chi connectivity index (χ1n) is 4.50. The Morgan fingerprint density at radius 1 is 1.53 bits per heavy atom. The van der Waals surface area contributed by atoms with Gasteiger partial charge in [-0.15, -0.1) is 11.6 Å². The lowest BCUT2D eigenvalue weighted by Crippen LogP contribution is -2.09. The molecule has 0 saturated carbocycles. The quantitative estimate of drug-likeness (QED) is 0.343. The zero-order valence-electron chi connectivity index (χ0n) is 8.33. The number of carbonyl (C=O) groups excluding carboxylic acids is 2. The van der Waals surface area contributed by atoms with E-state index in [0.717, 1.165) is 11.8 Å². The molecule has 0 fully saturated rings. The minimum Gasteiger partial charge on any atom is -0.426 e. The molecular formula is C11H11ClO3. The molecule has 0 aliphatic carbocycles. The maximum absolute atomic E-state index is 11.1. The van der Waals surface area contributed by atoms with Gasteiger partial charge in [0.05, 0.1) is 6.42 Å². The van der Waals surface area contributed by atoms with Crippen LogP contribution in [-0.4, -0.2) is 18.1 Å². The molecule has 3 nitrogen and oxygen atoms in total. The van der Waals surface area contributed by atoms with E-state index in [0.29, 0.717) is 11.3 Å². The van der Waals surface area contributed by atoms with E-state index in [1.807, 2.05) is 0 Å². The molecular weight excluding hydrogens is 216 g/mol. The average molecular weight is 227 g/mol. The first kappa shape index (κ1) is 11.7. The molecule has 15 heavy (non-hydrogen) atoms. The number of aldehydes is 1. The zero-order valence-corrected chi connectivity index (χ0v) is 9.08. The Bertz CT molecular complexity index is 374. The number of esters is 1. The van der Waals surface area contributed by atoms with Crippen molar-refractivity contribution in [2.45, 2.75) is 13.3 Å². The topological polar surface area (TPSA) is 43.4 Å². The SMILES string of the molecule is Cc1cc(C=O)ccc1OC(=O)CCCl. The Balaban J connectivity index is 2.78. The van der Waals surface area contributed by atoms with E-state index in [2.05, 4.69) is 0 Å². The van der Waals surface area contributed by atoms with Crippen molar-refractivity contribution in [2.75, 3.05) is 5.88 Å². The molecule has 0 amide bonds. The van der Waals surface area contributed by atoms with Gasteiger partial charge in [0.1, 0.15) is 12.0 Å². The summed E-state index contributed by atoms with van der Waals surface area (Å²) in [6, 6.07) is 4.87. The van der Waals surface area contributed by atoms with Gasteiger partial charge >= 0.3 is 5.97 Å². The van der Waals surface area contributed by atoms with Crippen molar-refractivity contribution in [3.05, 3.63) is 29.3 Å². The smallest absolute Gasteiger partial charge is 0.312 e. The van der Waals surface area contributed by atoms with Crippen LogP contribution in [-0.2, 0) is 4.79 Å². The summed E-state index contributed by atoms with van der Waals surface area (Å²) in [6.07, 6.45) is 0.924. The number of halogens is 1. The van der Waals surface area contributed by atoms with Gasteiger partial charge in [-0.3, -0.25) is 9.59 Å². The summed E-state index contributed by atoms with van der Waals surface area (Å²) in [5.41, 5.74) is 1.31. The van der Waals surface area contributed by atoms with Gasteiger partial charge in [0.2, 0.25) is 0 Å². The molecule has 0 radical (unpaired) electrons. The van der Waals surface area contributed by atoms with Gasteiger partial charge in [0.15, 0.2) is 0 Å². The van der Waals surface area contributed by atoms with Gasteiger partial charge in [0.25, 0.3) is 0 Å². The standard InChI is InChI=1S/C11H11ClO3/c1-8-6-9(7-13)2-3-10(8)15-11(14)4-5-12/h2-3,6-7H,4-5H2,1H3. The Hall–Kier alpha value is -1.35. The molecule has 0 atom stereocenters. The van der Waals surface area contributed by atoms with Crippen molar-refractivity contribution < 1.29 is 14.3 Å². The van der Waals surface area contributed by atoms with E-state index in [9.17, 15) is 9.59 Å². The second kappa shape index (κ2) is 5.51. The molecule has 1 rings (SSSR count). The highest BCUT2D eigenvalue weighted by Gasteiger charge is 2.06. The van der Waals surface area contributed by atoms with Crippen LogP contribution in [0.15, 0.2) is 18.2 Å². The average Bonchev–Trinajstić information content (AvgIpc) is 2.21. The predicted molar refractivity (Wildman–Crippen MR) is 57.5 cm³/mol. The summed E-state index contributed by atoms with van der Waals surface area (Å²) in [5, 5.41) is 0. The van der Waals surface area contributed by atoms with Gasteiger partial charge < -0.3 is 4.74 Å². The second-order valence-electron chi connectivity index (χ2n) is 3.06. The first-order valence-corrected chi connectivity index (χ1v) is 5.03. The molecule has 0 aliphatic rings. The summed E-state index contributed by atoms with van der Waals surface area (Å²) in [7, 11) is 0. The number of benzene rings is 1. The summed E-state index contributed by atoms with van der Waals surface area (Å²) >= 11 is 5.40. The summed E-state index contributed by atoms with van der Waals surface area (Å²) in [4.78, 5) is 21.6. The number of alkyl halides is 1. The van der Waals surface area contributed by atoms with Crippen molar-refractivity contribution in [3.8, 4) is 5.75 Å². The van der Waals surface area contributed by atoms with Crippen molar-refractivity contribution in [1.29, 1.82) is 0 Å². The van der Waals surface area contributed by atoms with Crippen LogP contribution in [0.5, 0.6) is 5.75 Å². The third-order valence-corrected chi connectivity index (χ3v) is 2.05. The van der Waals surface area contributed by atoms with Crippen LogP contribution in [0, 0.1) is 6.92 Å². The number of ether oxygens (including phenoxy) is 1. The van der Waals surface area contributed by atoms with Crippen molar-refractivity contribution in [1.82, 2.24) is 0 Å². The van der Waals surface area contributed by atoms with Crippen molar-refractivity contribution in [2.24, 2.45) is 0 Å². The van der Waals surface area contributed by atoms with Crippen LogP contribution in [0.2, 0.25) is 0 Å². The van der Waals surface area contributed by atoms with Crippen LogP contribution in [0.3, 0.4) is 0 Å². The molecule has 80 valence electrons. The van der Waals surface area contributed by atoms with Crippen LogP contribution in [0.4, 0.5) is 0 Å². The molecule has 1 aromatic rings. The monoisotopic (exact) mass is 226 g/mol. The molecule has 1 aromatic carbocycles. The van der Waals surface area contributed by atoms with E-state index in [1.165, 1.54) is 0 Å². The van der Waals surface area contributed by atoms with Gasteiger partial charge in [-0.2, -0.15) is 0 Å². The molecule has 0 saturated heterocycles. The maximum Gasteiger partial charge on any atom is 0.312 e. The van der Waals surface area contributed by atoms with Gasteiger partial charge in [0, 0.05) is 11.4 Å². The largest absolute Gasteiger partial charge is 0.426 e. The molecule has 0 unspecified atom stereocenters. The number of hydrogen-bond acceptors (Lipinski definition) is 3. The highest BCUT2D eigenvalue weighted by Crippen LogP contribution is 2.18. The number of carbonyl (C=O) groups is 2. The number of hydrogen-bond donors (Lipinski definition) is 0. The van der Waals surface area contributed by atoms with Crippen molar-refractivity contribution in [3.63, 3.8) is 0 Å². The number of aryl methyl sites for hydroxylation is 1. The molecule has 0 heterocycles. The van der Waals surface area contributed by atoms with E-state index in [4.69, 9.17) is 16.3 Å². The van der Waals surface area contributed by atoms with Crippen LogP contribution >= 0.6 is 11.6 Å². The fraction of sp³-hybridized carbons (Fsp3) is 0.273. The minimum atomic E-state index is -0.369. The molecule has 4 heteroatoms. The minimum absolute atomic E-state index is 0.177. The van der Waals surface area contributed by atoms with Crippen molar-refractivity contribution >= 4 is 23.9 Å². The molecule has 0 aliphatic heterocycles. The normalized spacial score (nSPS) is 9.73. The van der Waals surface area contributed by atoms with Crippen LogP contribution < -0.4 is 4.74 Å². The Morgan fingerprint density at radius 2 is 2.27 bits per heavy atom. The molecule has 0 aromatic heterocycles. The van der Waals surface area contributed by atoms with E-state index in [1.54, 1.807) is 25.1 Å². The first-order chi connectivity index (χ1) is 7.17. The third kappa shape index (κ3) is 3.36. The van der Waals surface area contributed by atoms with Gasteiger partial charge in [-0.1, -0.05) is 0 Å². The van der Waals surface area contributed by atoms with Crippen LogP contribution in [0.1, 0.15) is 22.3 Å². The summed E-state index contributed by atoms with van der Waals surface area (Å²) < 4.78 is 5.05. The lowest BCUT2D eigenvalue weighted by atomic mass is 10.1. The lowest BCUT2D eigenvalue weighted by molar-refractivity contribution is -0.133. The second-order valence-corrected chi connectivity index (χ2v) is 3.43. The highest BCUT2D eigenvalue weighted by molar-refractivity contribution is 6.18. The third-order valence-electron chi connectivity index (χ3n) is 1.86. The Morgan fingerprint density at radius 3 is 2.80 bits per heavy atom. The van der Waals surface area contributed by atoms with E-state index in [-0.39, 0.29) is 18.3 Å². The fourth-order valence-electron chi connectivity index (χ4n) is 1.11. The molecule has 0 spiro atoms. The molecule has 0 N–H and O–H groups in total. The zero-order chi connectivity index (χ0) is 11.3. The Labute approximate surface area is 93.0 Å². The van der Waals surface area contributed by atoms with E-state index >= 15 is 0 Å². The predicted octanol–water partition coefficient (Wildman–Crippen LogP) is 2.34. The lowest BCUT2D eigenvalue weighted by Gasteiger charge is -2.06. The summed E-state index contributed by atoms with van der Waals surface area (Å²) in [6.45, 7) is 1.77. The highest BCUT2D eigenvalue weighted by atomic mass is 35.5. The fourth-order valence-corrected chi connectivity index (χ4v) is 1.27. The maximum atomic E-state index is 11.1. The van der Waals surface area contributed by atoms with Crippen LogP contribution in [0.25, 0.3) is 0 Å².